The summed E-state index contributed by atoms with van der Waals surface area (Å²) in [7, 11) is -1.28. The lowest BCUT2D eigenvalue weighted by atomic mass is 10.2. The molecule has 0 amide bonds. The number of halogens is 2. The number of aliphatic imine (C=N–C) groups is 1. The molecule has 1 atom stereocenters. The van der Waals surface area contributed by atoms with E-state index in [1.165, 1.54) is 0 Å². The van der Waals surface area contributed by atoms with Gasteiger partial charge in [0.05, 0.1) is 16.5 Å². The number of nitrogens with zero attached hydrogens (tertiary/aromatic N) is 1. The number of nitrogens with one attached hydrogen (secondary N) is 2. The molecule has 2 aliphatic heterocycles. The van der Waals surface area contributed by atoms with Crippen molar-refractivity contribution in [2.45, 2.75) is 19.0 Å². The average Bonchev–Trinajstić information content (AvgIpc) is 2.90. The fraction of sp³-hybridized carbons (Fsp3) is 0.533. The van der Waals surface area contributed by atoms with Crippen molar-refractivity contribution >= 4 is 51.4 Å². The Hall–Kier alpha value is -0.940. The third kappa shape index (κ3) is 5.27. The van der Waals surface area contributed by atoms with Crippen LogP contribution in [0, 0.1) is 0 Å². The molecule has 1 unspecified atom stereocenters. The van der Waals surface area contributed by atoms with Crippen LogP contribution in [-0.4, -0.2) is 52.2 Å². The van der Waals surface area contributed by atoms with Crippen molar-refractivity contribution in [3.8, 4) is 11.5 Å². The largest absolute Gasteiger partial charge is 0.486 e. The number of rotatable bonds is 3. The molecule has 0 aliphatic carbocycles. The van der Waals surface area contributed by atoms with Crippen LogP contribution < -0.4 is 20.1 Å². The summed E-state index contributed by atoms with van der Waals surface area (Å²) < 4.78 is 34.1. The minimum absolute atomic E-state index is 0. The standard InChI is InChI=1S/C15H20ClN3O4S.HI/c1-17-15(19-11-2-5-24(20,21)9-11)18-8-10-6-12(16)14-13(7-10)22-3-4-23-14;/h6-7,11H,2-5,8-9H2,1H3,(H2,17,18,19);1H. The maximum absolute atomic E-state index is 11.5. The van der Waals surface area contributed by atoms with Crippen molar-refractivity contribution in [1.82, 2.24) is 10.6 Å². The van der Waals surface area contributed by atoms with Crippen molar-refractivity contribution in [3.63, 3.8) is 0 Å². The van der Waals surface area contributed by atoms with E-state index in [1.807, 2.05) is 12.1 Å². The Morgan fingerprint density at radius 3 is 2.80 bits per heavy atom. The van der Waals surface area contributed by atoms with E-state index >= 15 is 0 Å². The summed E-state index contributed by atoms with van der Waals surface area (Å²) in [5.41, 5.74) is 0.922. The number of benzene rings is 1. The van der Waals surface area contributed by atoms with Crippen LogP contribution in [0.15, 0.2) is 17.1 Å². The van der Waals surface area contributed by atoms with Crippen LogP contribution in [0.25, 0.3) is 0 Å². The SMILES string of the molecule is CN=C(NCc1cc(Cl)c2c(c1)OCCO2)NC1CCS(=O)(=O)C1.I. The molecule has 1 saturated heterocycles. The van der Waals surface area contributed by atoms with Crippen LogP contribution in [0.2, 0.25) is 5.02 Å². The van der Waals surface area contributed by atoms with Gasteiger partial charge in [0.1, 0.15) is 13.2 Å². The Morgan fingerprint density at radius 2 is 2.12 bits per heavy atom. The number of fused-ring (bicyclic) bond motifs is 1. The highest BCUT2D eigenvalue weighted by Crippen LogP contribution is 2.38. The molecule has 0 radical (unpaired) electrons. The Morgan fingerprint density at radius 1 is 1.36 bits per heavy atom. The quantitative estimate of drug-likeness (QED) is 0.371. The van der Waals surface area contributed by atoms with Crippen molar-refractivity contribution < 1.29 is 17.9 Å². The molecule has 0 bridgehead atoms. The van der Waals surface area contributed by atoms with Crippen LogP contribution in [0.3, 0.4) is 0 Å². The van der Waals surface area contributed by atoms with E-state index < -0.39 is 9.84 Å². The van der Waals surface area contributed by atoms with E-state index in [4.69, 9.17) is 21.1 Å². The fourth-order valence-corrected chi connectivity index (χ4v) is 4.71. The van der Waals surface area contributed by atoms with Crippen molar-refractivity contribution in [1.29, 1.82) is 0 Å². The molecule has 140 valence electrons. The van der Waals surface area contributed by atoms with E-state index in [2.05, 4.69) is 15.6 Å². The zero-order valence-corrected chi connectivity index (χ0v) is 17.7. The Bertz CT molecular complexity index is 757. The lowest BCUT2D eigenvalue weighted by Gasteiger charge is -2.21. The van der Waals surface area contributed by atoms with E-state index in [9.17, 15) is 8.42 Å². The van der Waals surface area contributed by atoms with Gasteiger partial charge in [-0.1, -0.05) is 11.6 Å². The molecule has 1 aromatic rings. The summed E-state index contributed by atoms with van der Waals surface area (Å²) in [6.07, 6.45) is 0.596. The monoisotopic (exact) mass is 501 g/mol. The molecular weight excluding hydrogens is 481 g/mol. The summed E-state index contributed by atoms with van der Waals surface area (Å²) in [6.45, 7) is 1.47. The first kappa shape index (κ1) is 20.4. The van der Waals surface area contributed by atoms with Gasteiger partial charge in [0.2, 0.25) is 0 Å². The molecule has 0 spiro atoms. The third-order valence-corrected chi connectivity index (χ3v) is 5.96. The van der Waals surface area contributed by atoms with Gasteiger partial charge in [0, 0.05) is 19.6 Å². The summed E-state index contributed by atoms with van der Waals surface area (Å²) >= 11 is 6.22. The first-order valence-electron chi connectivity index (χ1n) is 7.72. The zero-order valence-electron chi connectivity index (χ0n) is 13.7. The fourth-order valence-electron chi connectivity index (χ4n) is 2.75. The van der Waals surface area contributed by atoms with Crippen LogP contribution >= 0.6 is 35.6 Å². The first-order valence-corrected chi connectivity index (χ1v) is 9.92. The molecule has 0 aromatic heterocycles. The van der Waals surface area contributed by atoms with Gasteiger partial charge in [-0.25, -0.2) is 8.42 Å². The van der Waals surface area contributed by atoms with E-state index in [0.717, 1.165) is 5.56 Å². The van der Waals surface area contributed by atoms with Crippen molar-refractivity contribution in [3.05, 3.63) is 22.7 Å². The van der Waals surface area contributed by atoms with E-state index in [0.29, 0.717) is 48.7 Å². The Balaban J connectivity index is 0.00000225. The molecule has 25 heavy (non-hydrogen) atoms. The lowest BCUT2D eigenvalue weighted by molar-refractivity contribution is 0.171. The van der Waals surface area contributed by atoms with Gasteiger partial charge < -0.3 is 20.1 Å². The van der Waals surface area contributed by atoms with Gasteiger partial charge in [-0.2, -0.15) is 0 Å². The van der Waals surface area contributed by atoms with Crippen LogP contribution in [0.1, 0.15) is 12.0 Å². The molecular formula is C15H21ClIN3O4S. The second-order valence-electron chi connectivity index (χ2n) is 5.77. The highest BCUT2D eigenvalue weighted by atomic mass is 127. The number of ether oxygens (including phenoxy) is 2. The highest BCUT2D eigenvalue weighted by molar-refractivity contribution is 14.0. The van der Waals surface area contributed by atoms with Crippen LogP contribution in [-0.2, 0) is 16.4 Å². The van der Waals surface area contributed by atoms with Crippen molar-refractivity contribution in [2.75, 3.05) is 31.8 Å². The zero-order chi connectivity index (χ0) is 17.2. The minimum Gasteiger partial charge on any atom is -0.486 e. The Kier molecular flexibility index (Phi) is 7.03. The second-order valence-corrected chi connectivity index (χ2v) is 8.41. The summed E-state index contributed by atoms with van der Waals surface area (Å²) in [6, 6.07) is 3.58. The van der Waals surface area contributed by atoms with Gasteiger partial charge in [-0.3, -0.25) is 4.99 Å². The summed E-state index contributed by atoms with van der Waals surface area (Å²) in [5, 5.41) is 6.81. The van der Waals surface area contributed by atoms with Gasteiger partial charge in [-0.15, -0.1) is 24.0 Å². The number of guanidine groups is 1. The minimum atomic E-state index is -2.93. The molecule has 0 saturated carbocycles. The molecule has 10 heteroatoms. The number of hydrogen-bond donors (Lipinski definition) is 2. The van der Waals surface area contributed by atoms with Crippen molar-refractivity contribution in [2.24, 2.45) is 4.99 Å². The van der Waals surface area contributed by atoms with Gasteiger partial charge in [-0.05, 0) is 24.1 Å². The first-order chi connectivity index (χ1) is 11.5. The van der Waals surface area contributed by atoms with Gasteiger partial charge in [0.25, 0.3) is 0 Å². The molecule has 7 nitrogen and oxygen atoms in total. The smallest absolute Gasteiger partial charge is 0.191 e. The van der Waals surface area contributed by atoms with Gasteiger partial charge >= 0.3 is 0 Å². The Labute approximate surface area is 169 Å². The molecule has 1 fully saturated rings. The van der Waals surface area contributed by atoms with Crippen LogP contribution in [0.5, 0.6) is 11.5 Å². The second kappa shape index (κ2) is 8.63. The maximum atomic E-state index is 11.5. The van der Waals surface area contributed by atoms with E-state index in [1.54, 1.807) is 7.05 Å². The van der Waals surface area contributed by atoms with E-state index in [-0.39, 0.29) is 41.5 Å². The maximum Gasteiger partial charge on any atom is 0.191 e. The predicted molar refractivity (Wildman–Crippen MR) is 108 cm³/mol. The summed E-state index contributed by atoms with van der Waals surface area (Å²) in [4.78, 5) is 4.13. The lowest BCUT2D eigenvalue weighted by Crippen LogP contribution is -2.43. The van der Waals surface area contributed by atoms with Crippen LogP contribution in [0.4, 0.5) is 0 Å². The molecule has 2 aliphatic rings. The third-order valence-electron chi connectivity index (χ3n) is 3.91. The average molecular weight is 502 g/mol. The topological polar surface area (TPSA) is 89.0 Å². The molecule has 1 aromatic carbocycles. The molecule has 3 rings (SSSR count). The van der Waals surface area contributed by atoms with Gasteiger partial charge in [0.15, 0.2) is 27.3 Å². The highest BCUT2D eigenvalue weighted by Gasteiger charge is 2.28. The normalized spacial score (nSPS) is 21.4. The number of hydrogen-bond acceptors (Lipinski definition) is 5. The molecule has 2 heterocycles. The summed E-state index contributed by atoms with van der Waals surface area (Å²) in [5.74, 6) is 2.13. The number of sulfone groups is 1. The molecule has 2 N–H and O–H groups in total. The predicted octanol–water partition coefficient (Wildman–Crippen LogP) is 1.58.